The summed E-state index contributed by atoms with van der Waals surface area (Å²) in [6, 6.07) is 4.17. The van der Waals surface area contributed by atoms with E-state index in [0.29, 0.717) is 12.1 Å². The molecule has 28 heavy (non-hydrogen) atoms. The Labute approximate surface area is 165 Å². The van der Waals surface area contributed by atoms with Crippen molar-refractivity contribution >= 4 is 6.03 Å². The molecule has 2 amide bonds. The molecule has 1 aliphatic rings. The van der Waals surface area contributed by atoms with Gasteiger partial charge in [0.1, 0.15) is 0 Å². The van der Waals surface area contributed by atoms with Crippen LogP contribution in [-0.4, -0.2) is 61.6 Å². The number of hydrogen-bond acceptors (Lipinski definition) is 3. The Morgan fingerprint density at radius 2 is 1.82 bits per heavy atom. The summed E-state index contributed by atoms with van der Waals surface area (Å²) in [7, 11) is 0. The van der Waals surface area contributed by atoms with Gasteiger partial charge in [0.15, 0.2) is 0 Å². The second kappa shape index (κ2) is 10.7. The highest BCUT2D eigenvalue weighted by atomic mass is 19.4. The lowest BCUT2D eigenvalue weighted by atomic mass is 10.1. The Morgan fingerprint density at radius 3 is 2.46 bits per heavy atom. The van der Waals surface area contributed by atoms with Crippen LogP contribution in [0.15, 0.2) is 24.3 Å². The summed E-state index contributed by atoms with van der Waals surface area (Å²) in [6.07, 6.45) is -2.50. The Hall–Kier alpha value is -1.80. The molecule has 2 rings (SSSR count). The Balaban J connectivity index is 1.63. The summed E-state index contributed by atoms with van der Waals surface area (Å²) in [5.41, 5.74) is -0.282. The SMILES string of the molecule is CCN1CCN(CCCCNC(=O)NC(C)c2cccc(C(F)(F)F)c2)CC1. The summed E-state index contributed by atoms with van der Waals surface area (Å²) in [4.78, 5) is 16.9. The molecule has 0 bridgehead atoms. The molecule has 0 radical (unpaired) electrons. The molecule has 0 saturated carbocycles. The molecule has 1 aromatic rings. The van der Waals surface area contributed by atoms with Gasteiger partial charge in [0.2, 0.25) is 0 Å². The lowest BCUT2D eigenvalue weighted by molar-refractivity contribution is -0.137. The molecule has 1 saturated heterocycles. The van der Waals surface area contributed by atoms with Gasteiger partial charge in [0, 0.05) is 32.7 Å². The monoisotopic (exact) mass is 400 g/mol. The van der Waals surface area contributed by atoms with Gasteiger partial charge in [-0.3, -0.25) is 0 Å². The number of rotatable bonds is 8. The lowest BCUT2D eigenvalue weighted by Crippen LogP contribution is -2.46. The van der Waals surface area contributed by atoms with Crippen molar-refractivity contribution in [2.45, 2.75) is 38.9 Å². The van der Waals surface area contributed by atoms with Gasteiger partial charge in [-0.25, -0.2) is 4.79 Å². The van der Waals surface area contributed by atoms with Gasteiger partial charge in [0.05, 0.1) is 11.6 Å². The van der Waals surface area contributed by atoms with Gasteiger partial charge in [-0.15, -0.1) is 0 Å². The number of hydrogen-bond donors (Lipinski definition) is 2. The summed E-state index contributed by atoms with van der Waals surface area (Å²) >= 11 is 0. The number of nitrogens with zero attached hydrogens (tertiary/aromatic N) is 2. The van der Waals surface area contributed by atoms with Crippen LogP contribution in [0.3, 0.4) is 0 Å². The minimum Gasteiger partial charge on any atom is -0.338 e. The molecule has 0 spiro atoms. The van der Waals surface area contributed by atoms with Gasteiger partial charge in [0.25, 0.3) is 0 Å². The Kier molecular flexibility index (Phi) is 8.57. The van der Waals surface area contributed by atoms with E-state index in [-0.39, 0.29) is 6.03 Å². The largest absolute Gasteiger partial charge is 0.416 e. The third kappa shape index (κ3) is 7.31. The van der Waals surface area contributed by atoms with Gasteiger partial charge in [-0.2, -0.15) is 13.2 Å². The standard InChI is InChI=1S/C20H31F3N4O/c1-3-26-11-13-27(14-12-26)10-5-4-9-24-19(28)25-16(2)17-7-6-8-18(15-17)20(21,22)23/h6-8,15-16H,3-5,9-14H2,1-2H3,(H2,24,25,28). The van der Waals surface area contributed by atoms with Crippen molar-refractivity contribution in [2.75, 3.05) is 45.8 Å². The third-order valence-corrected chi connectivity index (χ3v) is 5.16. The molecular formula is C20H31F3N4O. The van der Waals surface area contributed by atoms with E-state index in [9.17, 15) is 18.0 Å². The number of benzene rings is 1. The van der Waals surface area contributed by atoms with E-state index >= 15 is 0 Å². The van der Waals surface area contributed by atoms with Gasteiger partial charge in [-0.05, 0) is 50.6 Å². The first-order valence-electron chi connectivity index (χ1n) is 9.96. The second-order valence-corrected chi connectivity index (χ2v) is 7.23. The zero-order valence-corrected chi connectivity index (χ0v) is 16.7. The number of carbonyl (C=O) groups is 1. The van der Waals surface area contributed by atoms with E-state index in [0.717, 1.165) is 64.2 Å². The van der Waals surface area contributed by atoms with E-state index < -0.39 is 17.8 Å². The second-order valence-electron chi connectivity index (χ2n) is 7.23. The first-order chi connectivity index (χ1) is 13.3. The summed E-state index contributed by atoms with van der Waals surface area (Å²) < 4.78 is 38.4. The maximum absolute atomic E-state index is 12.8. The minimum atomic E-state index is -4.39. The average molecular weight is 400 g/mol. The van der Waals surface area contributed by atoms with Crippen LogP contribution in [0.2, 0.25) is 0 Å². The molecule has 158 valence electrons. The first kappa shape index (κ1) is 22.5. The highest BCUT2D eigenvalue weighted by molar-refractivity contribution is 5.74. The van der Waals surface area contributed by atoms with Crippen molar-refractivity contribution < 1.29 is 18.0 Å². The normalized spacial score (nSPS) is 17.3. The summed E-state index contributed by atoms with van der Waals surface area (Å²) in [5.74, 6) is 0. The number of carbonyl (C=O) groups excluding carboxylic acids is 1. The number of halogens is 3. The zero-order valence-electron chi connectivity index (χ0n) is 16.7. The van der Waals surface area contributed by atoms with E-state index in [4.69, 9.17) is 0 Å². The highest BCUT2D eigenvalue weighted by Crippen LogP contribution is 2.30. The minimum absolute atomic E-state index is 0.360. The molecule has 1 aliphatic heterocycles. The van der Waals surface area contributed by atoms with E-state index in [1.165, 1.54) is 6.07 Å². The lowest BCUT2D eigenvalue weighted by Gasteiger charge is -2.33. The summed E-state index contributed by atoms with van der Waals surface area (Å²) in [5, 5.41) is 5.48. The number of amides is 2. The fraction of sp³-hybridized carbons (Fsp3) is 0.650. The van der Waals surface area contributed by atoms with Crippen LogP contribution in [0, 0.1) is 0 Å². The van der Waals surface area contributed by atoms with Crippen molar-refractivity contribution in [3.8, 4) is 0 Å². The van der Waals surface area contributed by atoms with Crippen molar-refractivity contribution in [3.63, 3.8) is 0 Å². The Bertz CT molecular complexity index is 616. The average Bonchev–Trinajstić information content (AvgIpc) is 2.67. The summed E-state index contributed by atoms with van der Waals surface area (Å²) in [6.45, 7) is 11.0. The number of likely N-dealkylation sites (N-methyl/N-ethyl adjacent to an activating group) is 1. The van der Waals surface area contributed by atoms with Crippen LogP contribution in [0.5, 0.6) is 0 Å². The molecule has 1 heterocycles. The smallest absolute Gasteiger partial charge is 0.338 e. The maximum Gasteiger partial charge on any atom is 0.416 e. The predicted molar refractivity (Wildman–Crippen MR) is 104 cm³/mol. The fourth-order valence-corrected chi connectivity index (χ4v) is 3.31. The van der Waals surface area contributed by atoms with E-state index in [1.54, 1.807) is 13.0 Å². The van der Waals surface area contributed by atoms with E-state index in [1.807, 2.05) is 0 Å². The molecule has 1 fully saturated rings. The number of piperazine rings is 1. The van der Waals surface area contributed by atoms with Crippen LogP contribution >= 0.6 is 0 Å². The zero-order chi connectivity index (χ0) is 20.6. The van der Waals surface area contributed by atoms with Gasteiger partial charge in [-0.1, -0.05) is 19.1 Å². The Morgan fingerprint density at radius 1 is 1.14 bits per heavy atom. The molecular weight excluding hydrogens is 369 g/mol. The molecule has 5 nitrogen and oxygen atoms in total. The maximum atomic E-state index is 12.8. The fourth-order valence-electron chi connectivity index (χ4n) is 3.31. The van der Waals surface area contributed by atoms with Crippen LogP contribution in [0.25, 0.3) is 0 Å². The molecule has 1 atom stereocenters. The highest BCUT2D eigenvalue weighted by Gasteiger charge is 2.30. The van der Waals surface area contributed by atoms with Gasteiger partial charge < -0.3 is 20.4 Å². The van der Waals surface area contributed by atoms with Gasteiger partial charge >= 0.3 is 12.2 Å². The predicted octanol–water partition coefficient (Wildman–Crippen LogP) is 3.48. The molecule has 1 unspecified atom stereocenters. The number of urea groups is 1. The molecule has 8 heteroatoms. The molecule has 0 aromatic heterocycles. The van der Waals surface area contributed by atoms with Crippen molar-refractivity contribution in [2.24, 2.45) is 0 Å². The van der Waals surface area contributed by atoms with Crippen molar-refractivity contribution in [1.29, 1.82) is 0 Å². The number of unbranched alkanes of at least 4 members (excludes halogenated alkanes) is 1. The number of nitrogens with one attached hydrogen (secondary N) is 2. The molecule has 2 N–H and O–H groups in total. The third-order valence-electron chi connectivity index (χ3n) is 5.16. The topological polar surface area (TPSA) is 47.6 Å². The van der Waals surface area contributed by atoms with Crippen LogP contribution in [0.1, 0.15) is 43.9 Å². The van der Waals surface area contributed by atoms with E-state index in [2.05, 4.69) is 27.4 Å². The number of alkyl halides is 3. The first-order valence-corrected chi connectivity index (χ1v) is 9.96. The molecule has 0 aliphatic carbocycles. The van der Waals surface area contributed by atoms with Crippen molar-refractivity contribution in [3.05, 3.63) is 35.4 Å². The quantitative estimate of drug-likeness (QED) is 0.657. The van der Waals surface area contributed by atoms with Crippen LogP contribution in [0.4, 0.5) is 18.0 Å². The van der Waals surface area contributed by atoms with Crippen LogP contribution < -0.4 is 10.6 Å². The molecule has 1 aromatic carbocycles. The van der Waals surface area contributed by atoms with Crippen LogP contribution in [-0.2, 0) is 6.18 Å². The van der Waals surface area contributed by atoms with Crippen molar-refractivity contribution in [1.82, 2.24) is 20.4 Å².